The van der Waals surface area contributed by atoms with E-state index >= 15 is 0 Å². The van der Waals surface area contributed by atoms with Gasteiger partial charge in [0.05, 0.1) is 27.4 Å². The Kier molecular flexibility index (Phi) is 5.63. The lowest BCUT2D eigenvalue weighted by molar-refractivity contribution is 0.256. The molecule has 0 aliphatic carbocycles. The third-order valence-electron chi connectivity index (χ3n) is 6.09. The number of benzene rings is 3. The molecule has 0 unspecified atom stereocenters. The molecule has 5 nitrogen and oxygen atoms in total. The van der Waals surface area contributed by atoms with Gasteiger partial charge in [0.15, 0.2) is 0 Å². The number of fused-ring (bicyclic) bond motifs is 6. The van der Waals surface area contributed by atoms with Crippen LogP contribution < -0.4 is 9.47 Å². The number of aliphatic hydroxyl groups excluding tert-OH is 2. The fraction of sp³-hybridized carbons (Fsp3) is 0.417. The van der Waals surface area contributed by atoms with Crippen molar-refractivity contribution in [2.24, 2.45) is 0 Å². The maximum absolute atomic E-state index is 9.87. The summed E-state index contributed by atoms with van der Waals surface area (Å²) in [5, 5.41) is 24.2. The highest BCUT2D eigenvalue weighted by Gasteiger charge is 2.23. The first-order valence-electron chi connectivity index (χ1n) is 10.2. The third kappa shape index (κ3) is 3.33. The smallest absolute Gasteiger partial charge is 0.125 e. The normalized spacial score (nSPS) is 14.4. The van der Waals surface area contributed by atoms with Crippen LogP contribution >= 0.6 is 0 Å². The van der Waals surface area contributed by atoms with Gasteiger partial charge in [-0.25, -0.2) is 0 Å². The highest BCUT2D eigenvalue weighted by Crippen LogP contribution is 2.41. The van der Waals surface area contributed by atoms with E-state index in [9.17, 15) is 10.2 Å². The Bertz CT molecular complexity index is 1060. The van der Waals surface area contributed by atoms with Crippen molar-refractivity contribution in [3.8, 4) is 11.5 Å². The Balaban J connectivity index is 2.10. The van der Waals surface area contributed by atoms with Gasteiger partial charge in [0.25, 0.3) is 0 Å². The lowest BCUT2D eigenvalue weighted by Crippen LogP contribution is -2.31. The molecule has 4 rings (SSSR count). The predicted molar refractivity (Wildman–Crippen MR) is 116 cm³/mol. The average molecular weight is 395 g/mol. The van der Waals surface area contributed by atoms with E-state index in [0.29, 0.717) is 11.5 Å². The molecule has 1 heterocycles. The van der Waals surface area contributed by atoms with Crippen molar-refractivity contribution in [3.05, 3.63) is 46.5 Å². The van der Waals surface area contributed by atoms with Crippen molar-refractivity contribution in [3.63, 3.8) is 0 Å². The van der Waals surface area contributed by atoms with Crippen LogP contribution in [0.4, 0.5) is 0 Å². The van der Waals surface area contributed by atoms with E-state index < -0.39 is 0 Å². The molecule has 0 saturated carbocycles. The van der Waals surface area contributed by atoms with Crippen LogP contribution in [0.25, 0.3) is 21.5 Å². The molecule has 0 fully saturated rings. The molecule has 3 aromatic carbocycles. The number of methoxy groups -OCH3 is 2. The lowest BCUT2D eigenvalue weighted by Gasteiger charge is -2.31. The standard InChI is InChI=1S/C24H29NO4/c1-4-6-25-7-5-17-20-10-23(28-2)15(13-26)8-18(20)19-9-16(14-27)24(29-3)11-21(19)22(17)12-25/h8-11,26-27H,4-7,12-14H2,1-3H3. The molecule has 0 saturated heterocycles. The zero-order valence-corrected chi connectivity index (χ0v) is 17.4. The molecule has 0 spiro atoms. The summed E-state index contributed by atoms with van der Waals surface area (Å²) >= 11 is 0. The summed E-state index contributed by atoms with van der Waals surface area (Å²) in [4.78, 5) is 2.50. The fourth-order valence-electron chi connectivity index (χ4n) is 4.69. The first kappa shape index (κ1) is 20.0. The molecule has 0 amide bonds. The molecular weight excluding hydrogens is 366 g/mol. The second-order valence-corrected chi connectivity index (χ2v) is 7.72. The van der Waals surface area contributed by atoms with Gasteiger partial charge in [-0.3, -0.25) is 4.90 Å². The molecule has 29 heavy (non-hydrogen) atoms. The molecular formula is C24H29NO4. The van der Waals surface area contributed by atoms with Gasteiger partial charge in [0, 0.05) is 24.2 Å². The minimum absolute atomic E-state index is 0.0784. The zero-order chi connectivity index (χ0) is 20.5. The molecule has 3 aromatic rings. The Hall–Kier alpha value is -2.34. The molecule has 1 aliphatic rings. The Morgan fingerprint density at radius 3 is 1.86 bits per heavy atom. The van der Waals surface area contributed by atoms with E-state index in [1.807, 2.05) is 12.1 Å². The van der Waals surface area contributed by atoms with Gasteiger partial charge >= 0.3 is 0 Å². The summed E-state index contributed by atoms with van der Waals surface area (Å²) in [6.45, 7) is 5.08. The van der Waals surface area contributed by atoms with Crippen molar-refractivity contribution in [2.45, 2.75) is 39.5 Å². The Labute approximate surface area is 171 Å². The topological polar surface area (TPSA) is 62.2 Å². The summed E-state index contributed by atoms with van der Waals surface area (Å²) < 4.78 is 11.1. The summed E-state index contributed by atoms with van der Waals surface area (Å²) in [6.07, 6.45) is 2.11. The maximum Gasteiger partial charge on any atom is 0.125 e. The van der Waals surface area contributed by atoms with Crippen LogP contribution in [-0.4, -0.2) is 42.4 Å². The zero-order valence-electron chi connectivity index (χ0n) is 17.4. The van der Waals surface area contributed by atoms with Crippen LogP contribution in [0, 0.1) is 0 Å². The summed E-state index contributed by atoms with van der Waals surface area (Å²) in [5.41, 5.74) is 4.21. The second kappa shape index (κ2) is 8.19. The molecule has 154 valence electrons. The fourth-order valence-corrected chi connectivity index (χ4v) is 4.69. The summed E-state index contributed by atoms with van der Waals surface area (Å²) in [6, 6.07) is 8.20. The van der Waals surface area contributed by atoms with E-state index in [0.717, 1.165) is 59.8 Å². The minimum atomic E-state index is -0.0807. The van der Waals surface area contributed by atoms with Crippen molar-refractivity contribution >= 4 is 21.5 Å². The summed E-state index contributed by atoms with van der Waals surface area (Å²) in [5.74, 6) is 1.43. The first-order valence-corrected chi connectivity index (χ1v) is 10.2. The molecule has 2 N–H and O–H groups in total. The average Bonchev–Trinajstić information content (AvgIpc) is 2.77. The minimum Gasteiger partial charge on any atom is -0.496 e. The van der Waals surface area contributed by atoms with Gasteiger partial charge in [0.2, 0.25) is 0 Å². The van der Waals surface area contributed by atoms with Crippen LogP contribution in [0.2, 0.25) is 0 Å². The number of hydrogen-bond acceptors (Lipinski definition) is 5. The van der Waals surface area contributed by atoms with E-state index in [1.165, 1.54) is 16.5 Å². The van der Waals surface area contributed by atoms with Crippen LogP contribution in [0.1, 0.15) is 35.6 Å². The number of rotatable bonds is 6. The van der Waals surface area contributed by atoms with E-state index in [2.05, 4.69) is 24.0 Å². The van der Waals surface area contributed by atoms with Crippen molar-refractivity contribution in [1.82, 2.24) is 4.90 Å². The van der Waals surface area contributed by atoms with E-state index in [-0.39, 0.29) is 13.2 Å². The second-order valence-electron chi connectivity index (χ2n) is 7.72. The molecule has 0 atom stereocenters. The van der Waals surface area contributed by atoms with Crippen LogP contribution in [0.3, 0.4) is 0 Å². The van der Waals surface area contributed by atoms with E-state index in [4.69, 9.17) is 9.47 Å². The summed E-state index contributed by atoms with van der Waals surface area (Å²) in [7, 11) is 3.29. The first-order chi connectivity index (χ1) is 14.1. The molecule has 5 heteroatoms. The van der Waals surface area contributed by atoms with Crippen molar-refractivity contribution in [1.29, 1.82) is 0 Å². The Morgan fingerprint density at radius 1 is 0.828 bits per heavy atom. The number of nitrogens with zero attached hydrogens (tertiary/aromatic N) is 1. The van der Waals surface area contributed by atoms with Crippen LogP contribution in [0.15, 0.2) is 24.3 Å². The van der Waals surface area contributed by atoms with Gasteiger partial charge in [0.1, 0.15) is 11.5 Å². The maximum atomic E-state index is 9.87. The molecule has 0 radical (unpaired) electrons. The monoisotopic (exact) mass is 395 g/mol. The highest BCUT2D eigenvalue weighted by molar-refractivity contribution is 6.12. The van der Waals surface area contributed by atoms with Crippen LogP contribution in [-0.2, 0) is 26.2 Å². The quantitative estimate of drug-likeness (QED) is 0.622. The number of hydrogen-bond donors (Lipinski definition) is 2. The SMILES string of the molecule is CCCN1CCc2c(c3cc(OC)c(CO)cc3c3cc(CO)c(OC)cc23)C1. The third-order valence-corrected chi connectivity index (χ3v) is 6.09. The number of aliphatic hydroxyl groups is 2. The van der Waals surface area contributed by atoms with Crippen molar-refractivity contribution in [2.75, 3.05) is 27.3 Å². The largest absolute Gasteiger partial charge is 0.496 e. The molecule has 1 aliphatic heterocycles. The Morgan fingerprint density at radius 2 is 1.38 bits per heavy atom. The van der Waals surface area contributed by atoms with Gasteiger partial charge in [-0.05, 0) is 76.3 Å². The number of ether oxygens (including phenoxy) is 2. The van der Waals surface area contributed by atoms with Crippen molar-refractivity contribution < 1.29 is 19.7 Å². The van der Waals surface area contributed by atoms with Gasteiger partial charge in [-0.1, -0.05) is 6.92 Å². The van der Waals surface area contributed by atoms with Gasteiger partial charge in [-0.2, -0.15) is 0 Å². The highest BCUT2D eigenvalue weighted by atomic mass is 16.5. The predicted octanol–water partition coefficient (Wildman–Crippen LogP) is 3.76. The van der Waals surface area contributed by atoms with E-state index in [1.54, 1.807) is 14.2 Å². The molecule has 0 aromatic heterocycles. The van der Waals surface area contributed by atoms with Gasteiger partial charge < -0.3 is 19.7 Å². The van der Waals surface area contributed by atoms with Gasteiger partial charge in [-0.15, -0.1) is 0 Å². The van der Waals surface area contributed by atoms with Crippen LogP contribution in [0.5, 0.6) is 11.5 Å². The lowest BCUT2D eigenvalue weighted by atomic mass is 9.86. The molecule has 0 bridgehead atoms.